The van der Waals surface area contributed by atoms with Crippen LogP contribution in [-0.2, 0) is 27.2 Å². The minimum absolute atomic E-state index is 0.180. The van der Waals surface area contributed by atoms with Gasteiger partial charge in [-0.2, -0.15) is 0 Å². The molecule has 0 fully saturated rings. The number of benzene rings is 2. The molecule has 0 bridgehead atoms. The number of methoxy groups -OCH3 is 1. The van der Waals surface area contributed by atoms with E-state index < -0.39 is 12.0 Å². The maximum Gasteiger partial charge on any atom is 0.328 e. The Morgan fingerprint density at radius 3 is 2.30 bits per heavy atom. The number of hydrogen-bond donors (Lipinski definition) is 1. The molecule has 0 spiro atoms. The molecule has 4 nitrogen and oxygen atoms in total. The van der Waals surface area contributed by atoms with E-state index in [1.807, 2.05) is 30.3 Å². The first-order valence-electron chi connectivity index (χ1n) is 7.24. The van der Waals surface area contributed by atoms with Crippen LogP contribution in [0.2, 0.25) is 5.02 Å². The molecular weight excluding hydrogens is 314 g/mol. The zero-order chi connectivity index (χ0) is 16.7. The van der Waals surface area contributed by atoms with Gasteiger partial charge in [-0.15, -0.1) is 0 Å². The summed E-state index contributed by atoms with van der Waals surface area (Å²) in [7, 11) is 1.31. The van der Waals surface area contributed by atoms with Gasteiger partial charge in [-0.1, -0.05) is 54.1 Å². The van der Waals surface area contributed by atoms with Gasteiger partial charge in [0.25, 0.3) is 0 Å². The molecule has 1 unspecified atom stereocenters. The molecule has 0 aliphatic rings. The lowest BCUT2D eigenvalue weighted by atomic mass is 10.1. The van der Waals surface area contributed by atoms with Crippen molar-refractivity contribution in [3.63, 3.8) is 0 Å². The van der Waals surface area contributed by atoms with E-state index in [0.29, 0.717) is 11.4 Å². The molecule has 0 saturated carbocycles. The summed E-state index contributed by atoms with van der Waals surface area (Å²) in [6, 6.07) is 15.8. The van der Waals surface area contributed by atoms with E-state index in [4.69, 9.17) is 16.3 Å². The molecule has 0 aromatic heterocycles. The van der Waals surface area contributed by atoms with Crippen LogP contribution < -0.4 is 5.32 Å². The molecule has 5 heteroatoms. The SMILES string of the molecule is COC(=O)C(Cc1ccccc1)NC(=O)Cc1ccc(Cl)cc1. The van der Waals surface area contributed by atoms with Gasteiger partial charge >= 0.3 is 5.97 Å². The second-order valence-corrected chi connectivity index (χ2v) is 5.57. The topological polar surface area (TPSA) is 55.4 Å². The van der Waals surface area contributed by atoms with Gasteiger partial charge in [0, 0.05) is 11.4 Å². The fraction of sp³-hybridized carbons (Fsp3) is 0.222. The van der Waals surface area contributed by atoms with Crippen molar-refractivity contribution in [3.8, 4) is 0 Å². The van der Waals surface area contributed by atoms with Crippen LogP contribution in [0.1, 0.15) is 11.1 Å². The van der Waals surface area contributed by atoms with Crippen LogP contribution in [0.4, 0.5) is 0 Å². The zero-order valence-corrected chi connectivity index (χ0v) is 13.5. The van der Waals surface area contributed by atoms with Gasteiger partial charge in [0.2, 0.25) is 5.91 Å². The second-order valence-electron chi connectivity index (χ2n) is 5.14. The number of amides is 1. The first-order valence-corrected chi connectivity index (χ1v) is 7.62. The molecule has 0 radical (unpaired) electrons. The van der Waals surface area contributed by atoms with E-state index in [9.17, 15) is 9.59 Å². The Balaban J connectivity index is 2.00. The van der Waals surface area contributed by atoms with E-state index in [0.717, 1.165) is 11.1 Å². The maximum absolute atomic E-state index is 12.2. The van der Waals surface area contributed by atoms with Gasteiger partial charge in [0.1, 0.15) is 6.04 Å². The number of hydrogen-bond acceptors (Lipinski definition) is 3. The lowest BCUT2D eigenvalue weighted by molar-refractivity contribution is -0.145. The van der Waals surface area contributed by atoms with Gasteiger partial charge in [-0.05, 0) is 23.3 Å². The fourth-order valence-electron chi connectivity index (χ4n) is 2.22. The second kappa shape index (κ2) is 8.34. The maximum atomic E-state index is 12.2. The molecule has 2 rings (SSSR count). The number of carbonyl (C=O) groups is 2. The predicted octanol–water partition coefficient (Wildman–Crippen LogP) is 2.78. The van der Waals surface area contributed by atoms with E-state index >= 15 is 0 Å². The molecule has 0 saturated heterocycles. The summed E-state index contributed by atoms with van der Waals surface area (Å²) in [5.74, 6) is -0.697. The monoisotopic (exact) mass is 331 g/mol. The molecule has 1 N–H and O–H groups in total. The number of esters is 1. The average molecular weight is 332 g/mol. The summed E-state index contributed by atoms with van der Waals surface area (Å²) in [6.07, 6.45) is 0.569. The Morgan fingerprint density at radius 2 is 1.70 bits per heavy atom. The highest BCUT2D eigenvalue weighted by Crippen LogP contribution is 2.10. The summed E-state index contributed by atoms with van der Waals surface area (Å²) in [4.78, 5) is 24.1. The smallest absolute Gasteiger partial charge is 0.328 e. The van der Waals surface area contributed by atoms with Crippen LogP contribution in [0.25, 0.3) is 0 Å². The highest BCUT2D eigenvalue weighted by molar-refractivity contribution is 6.30. The lowest BCUT2D eigenvalue weighted by Crippen LogP contribution is -2.43. The van der Waals surface area contributed by atoms with E-state index in [1.165, 1.54) is 7.11 Å². The van der Waals surface area contributed by atoms with Crippen molar-refractivity contribution in [2.75, 3.05) is 7.11 Å². The molecule has 1 atom stereocenters. The summed E-state index contributed by atoms with van der Waals surface area (Å²) in [5.41, 5.74) is 1.78. The van der Waals surface area contributed by atoms with Crippen molar-refractivity contribution in [1.29, 1.82) is 0 Å². The predicted molar refractivity (Wildman–Crippen MR) is 89.2 cm³/mol. The first-order chi connectivity index (χ1) is 11.1. The van der Waals surface area contributed by atoms with Crippen molar-refractivity contribution in [3.05, 3.63) is 70.7 Å². The minimum Gasteiger partial charge on any atom is -0.467 e. The average Bonchev–Trinajstić information content (AvgIpc) is 2.56. The van der Waals surface area contributed by atoms with Crippen molar-refractivity contribution in [1.82, 2.24) is 5.32 Å². The molecule has 2 aromatic rings. The number of halogens is 1. The van der Waals surface area contributed by atoms with Crippen LogP contribution in [0, 0.1) is 0 Å². The molecular formula is C18H18ClNO3. The zero-order valence-electron chi connectivity index (χ0n) is 12.8. The van der Waals surface area contributed by atoms with Gasteiger partial charge in [0.15, 0.2) is 0 Å². The molecule has 1 amide bonds. The highest BCUT2D eigenvalue weighted by atomic mass is 35.5. The molecule has 0 aliphatic heterocycles. The summed E-state index contributed by atoms with van der Waals surface area (Å²) >= 11 is 5.82. The Hall–Kier alpha value is -2.33. The molecule has 0 heterocycles. The largest absolute Gasteiger partial charge is 0.467 e. The van der Waals surface area contributed by atoms with Crippen LogP contribution in [0.15, 0.2) is 54.6 Å². The van der Waals surface area contributed by atoms with Crippen molar-refractivity contribution in [2.45, 2.75) is 18.9 Å². The Bertz CT molecular complexity index is 656. The van der Waals surface area contributed by atoms with Crippen LogP contribution in [-0.4, -0.2) is 25.0 Å². The van der Waals surface area contributed by atoms with Gasteiger partial charge < -0.3 is 10.1 Å². The van der Waals surface area contributed by atoms with Crippen LogP contribution in [0.3, 0.4) is 0 Å². The highest BCUT2D eigenvalue weighted by Gasteiger charge is 2.21. The lowest BCUT2D eigenvalue weighted by Gasteiger charge is -2.16. The summed E-state index contributed by atoms with van der Waals surface area (Å²) in [6.45, 7) is 0. The van der Waals surface area contributed by atoms with Gasteiger partial charge in [-0.3, -0.25) is 4.79 Å². The summed E-state index contributed by atoms with van der Waals surface area (Å²) in [5, 5.41) is 3.35. The van der Waals surface area contributed by atoms with Crippen molar-refractivity contribution < 1.29 is 14.3 Å². The van der Waals surface area contributed by atoms with Crippen molar-refractivity contribution in [2.24, 2.45) is 0 Å². The van der Waals surface area contributed by atoms with Gasteiger partial charge in [0.05, 0.1) is 13.5 Å². The Kier molecular flexibility index (Phi) is 6.18. The number of ether oxygens (including phenoxy) is 1. The molecule has 23 heavy (non-hydrogen) atoms. The number of carbonyl (C=O) groups excluding carboxylic acids is 2. The third kappa shape index (κ3) is 5.42. The third-order valence-corrected chi connectivity index (χ3v) is 3.63. The number of rotatable bonds is 6. The third-order valence-electron chi connectivity index (χ3n) is 3.38. The number of nitrogens with one attached hydrogen (secondary N) is 1. The first kappa shape index (κ1) is 17.0. The van der Waals surface area contributed by atoms with Crippen LogP contribution in [0.5, 0.6) is 0 Å². The van der Waals surface area contributed by atoms with E-state index in [-0.39, 0.29) is 12.3 Å². The fourth-order valence-corrected chi connectivity index (χ4v) is 2.34. The Morgan fingerprint density at radius 1 is 1.04 bits per heavy atom. The molecule has 0 aliphatic carbocycles. The standard InChI is InChI=1S/C18H18ClNO3/c1-23-18(22)16(11-13-5-3-2-4-6-13)20-17(21)12-14-7-9-15(19)10-8-14/h2-10,16H,11-12H2,1H3,(H,20,21). The van der Waals surface area contributed by atoms with E-state index in [2.05, 4.69) is 5.32 Å². The molecule has 120 valence electrons. The normalized spacial score (nSPS) is 11.6. The molecule has 2 aromatic carbocycles. The quantitative estimate of drug-likeness (QED) is 0.828. The van der Waals surface area contributed by atoms with Crippen LogP contribution >= 0.6 is 11.6 Å². The van der Waals surface area contributed by atoms with E-state index in [1.54, 1.807) is 24.3 Å². The minimum atomic E-state index is -0.706. The summed E-state index contributed by atoms with van der Waals surface area (Å²) < 4.78 is 4.78. The van der Waals surface area contributed by atoms with Crippen molar-refractivity contribution >= 4 is 23.5 Å². The Labute approximate surface area is 140 Å². The van der Waals surface area contributed by atoms with Gasteiger partial charge in [-0.25, -0.2) is 4.79 Å².